The molecule has 0 aliphatic rings. The van der Waals surface area contributed by atoms with Gasteiger partial charge in [-0.2, -0.15) is 0 Å². The predicted octanol–water partition coefficient (Wildman–Crippen LogP) is -1.42. The largest absolute Gasteiger partial charge is 0.342 e. The molecule has 0 fully saturated rings. The molecule has 5 nitrogen and oxygen atoms in total. The zero-order valence-electron chi connectivity index (χ0n) is 9.28. The van der Waals surface area contributed by atoms with Crippen molar-refractivity contribution in [1.82, 2.24) is 5.32 Å². The Morgan fingerprint density at radius 1 is 1.35 bits per heavy atom. The van der Waals surface area contributed by atoms with Crippen LogP contribution in [-0.4, -0.2) is 24.4 Å². The minimum Gasteiger partial charge on any atom is -0.342 e. The molecule has 6 N–H and O–H groups in total. The van der Waals surface area contributed by atoms with Gasteiger partial charge in [0.1, 0.15) is 12.4 Å². The van der Waals surface area contributed by atoms with Gasteiger partial charge in [-0.1, -0.05) is 12.1 Å². The molecule has 0 bridgehead atoms. The lowest BCUT2D eigenvalue weighted by Gasteiger charge is -2.10. The quantitative estimate of drug-likeness (QED) is 0.589. The highest BCUT2D eigenvalue weighted by atomic mass is 19.1. The van der Waals surface area contributed by atoms with E-state index in [1.165, 1.54) is 12.1 Å². The summed E-state index contributed by atoms with van der Waals surface area (Å²) in [4.78, 5) is 22.0. The maximum Gasteiger partial charge on any atom is 0.328 e. The van der Waals surface area contributed by atoms with Gasteiger partial charge in [0, 0.05) is 0 Å². The molecule has 0 heterocycles. The van der Waals surface area contributed by atoms with Crippen molar-refractivity contribution in [2.24, 2.45) is 5.73 Å². The molecule has 6 heteroatoms. The van der Waals surface area contributed by atoms with Crippen LogP contribution < -0.4 is 16.8 Å². The highest BCUT2D eigenvalue weighted by Crippen LogP contribution is 2.04. The molecule has 1 aromatic rings. The Labute approximate surface area is 98.0 Å². The van der Waals surface area contributed by atoms with Crippen molar-refractivity contribution in [2.75, 3.05) is 6.54 Å². The molecule has 2 amide bonds. The monoisotopic (exact) mass is 240 g/mol. The van der Waals surface area contributed by atoms with Crippen molar-refractivity contribution in [1.29, 1.82) is 0 Å². The molecule has 0 unspecified atom stereocenters. The van der Waals surface area contributed by atoms with Gasteiger partial charge in [0.15, 0.2) is 0 Å². The fraction of sp³-hybridized carbons (Fsp3) is 0.273. The summed E-state index contributed by atoms with van der Waals surface area (Å²) in [5, 5.41) is 2.36. The van der Waals surface area contributed by atoms with Crippen LogP contribution >= 0.6 is 0 Å². The van der Waals surface area contributed by atoms with Crippen molar-refractivity contribution < 1.29 is 19.7 Å². The summed E-state index contributed by atoms with van der Waals surface area (Å²) in [6, 6.07) is 4.97. The van der Waals surface area contributed by atoms with E-state index in [-0.39, 0.29) is 24.7 Å². The highest BCUT2D eigenvalue weighted by molar-refractivity contribution is 5.84. The van der Waals surface area contributed by atoms with Crippen LogP contribution in [0.5, 0.6) is 0 Å². The van der Waals surface area contributed by atoms with Crippen LogP contribution in [0.4, 0.5) is 4.39 Å². The van der Waals surface area contributed by atoms with Crippen molar-refractivity contribution in [2.45, 2.75) is 12.5 Å². The summed E-state index contributed by atoms with van der Waals surface area (Å²) in [5.41, 5.74) is 9.52. The number of quaternary nitrogens is 1. The van der Waals surface area contributed by atoms with Gasteiger partial charge in [-0.25, -0.2) is 9.18 Å². The van der Waals surface area contributed by atoms with Gasteiger partial charge in [0.2, 0.25) is 5.91 Å². The Balaban J connectivity index is 2.48. The van der Waals surface area contributed by atoms with Gasteiger partial charge in [0.05, 0.1) is 6.04 Å². The number of halogens is 1. The standard InChI is InChI=1S/C11H14FN3O2/c12-8-3-1-7(2-4-8)5-9(13)11(17)15-6-10(14)16/h1-4,9H,5-6,13H2,(H2,14,16)(H,15,17)/p+1/t9-/m0/s1. The topological polar surface area (TPSA) is 99.8 Å². The second-order valence-corrected chi connectivity index (χ2v) is 3.69. The van der Waals surface area contributed by atoms with Crippen molar-refractivity contribution in [3.63, 3.8) is 0 Å². The summed E-state index contributed by atoms with van der Waals surface area (Å²) in [6.45, 7) is -0.129. The number of benzene rings is 1. The number of rotatable bonds is 5. The van der Waals surface area contributed by atoms with Crippen LogP contribution in [0, 0.1) is 5.82 Å². The first-order valence-corrected chi connectivity index (χ1v) is 5.11. The first-order chi connectivity index (χ1) is 7.99. The fourth-order valence-corrected chi connectivity index (χ4v) is 1.28. The van der Waals surface area contributed by atoms with Crippen molar-refractivity contribution >= 4 is 11.8 Å². The third-order valence-electron chi connectivity index (χ3n) is 2.17. The molecule has 0 aliphatic carbocycles. The van der Waals surface area contributed by atoms with Crippen molar-refractivity contribution in [3.8, 4) is 0 Å². The first-order valence-electron chi connectivity index (χ1n) is 5.11. The van der Waals surface area contributed by atoms with Crippen LogP contribution in [0.1, 0.15) is 5.56 Å². The Bertz CT molecular complexity index is 406. The molecule has 92 valence electrons. The third kappa shape index (κ3) is 4.71. The molecular weight excluding hydrogens is 225 g/mol. The van der Waals surface area contributed by atoms with Crippen LogP contribution in [0.2, 0.25) is 0 Å². The second-order valence-electron chi connectivity index (χ2n) is 3.69. The van der Waals surface area contributed by atoms with Gasteiger partial charge in [-0.3, -0.25) is 10.5 Å². The number of amides is 2. The van der Waals surface area contributed by atoms with Gasteiger partial charge in [0.25, 0.3) is 0 Å². The lowest BCUT2D eigenvalue weighted by molar-refractivity contribution is -0.304. The zero-order valence-corrected chi connectivity index (χ0v) is 9.28. The smallest absolute Gasteiger partial charge is 0.328 e. The molecule has 0 saturated carbocycles. The minimum absolute atomic E-state index is 0.129. The van der Waals surface area contributed by atoms with E-state index >= 15 is 0 Å². The number of carbonyl (C=O) groups excluding carboxylic acids is 2. The molecule has 0 aliphatic heterocycles. The lowest BCUT2D eigenvalue weighted by atomic mass is 10.1. The van der Waals surface area contributed by atoms with E-state index < -0.39 is 11.9 Å². The van der Waals surface area contributed by atoms with Gasteiger partial charge in [-0.05, 0) is 24.1 Å². The predicted molar refractivity (Wildman–Crippen MR) is 59.0 cm³/mol. The zero-order chi connectivity index (χ0) is 12.8. The molecule has 1 aromatic carbocycles. The molecular formula is C11H15FN3O2+. The van der Waals surface area contributed by atoms with E-state index in [0.29, 0.717) is 0 Å². The Hall–Kier alpha value is -1.79. The van der Waals surface area contributed by atoms with Gasteiger partial charge < -0.3 is 11.1 Å². The summed E-state index contributed by atoms with van der Waals surface area (Å²) in [5.74, 6) is -1.15. The van der Waals surface area contributed by atoms with E-state index in [9.17, 15) is 14.0 Å². The first kappa shape index (κ1) is 13.3. The third-order valence-corrected chi connectivity index (χ3v) is 2.17. The van der Waals surface area contributed by atoms with Crippen molar-refractivity contribution in [3.05, 3.63) is 35.6 Å². The number of nitrogens with two attached hydrogens (primary N) is 1. The van der Waals surface area contributed by atoms with E-state index in [1.807, 2.05) is 0 Å². The highest BCUT2D eigenvalue weighted by Gasteiger charge is 2.14. The fourth-order valence-electron chi connectivity index (χ4n) is 1.28. The lowest BCUT2D eigenvalue weighted by Crippen LogP contribution is -2.62. The van der Waals surface area contributed by atoms with E-state index in [2.05, 4.69) is 11.1 Å². The van der Waals surface area contributed by atoms with E-state index in [0.717, 1.165) is 5.56 Å². The molecule has 1 rings (SSSR count). The Morgan fingerprint density at radius 3 is 2.47 bits per heavy atom. The normalized spacial score (nSPS) is 11.9. The molecule has 0 saturated heterocycles. The Kier molecular flexibility index (Phi) is 4.74. The summed E-state index contributed by atoms with van der Waals surface area (Å²) in [7, 11) is 0. The maximum absolute atomic E-state index is 12.6. The average molecular weight is 240 g/mol. The SMILES string of the molecule is N[C@@H](Cc1ccc(F)cc1)C(=O)NCC([NH3+])=O. The van der Waals surface area contributed by atoms with Crippen LogP contribution in [-0.2, 0) is 16.0 Å². The second kappa shape index (κ2) is 6.07. The molecule has 17 heavy (non-hydrogen) atoms. The van der Waals surface area contributed by atoms with E-state index in [1.54, 1.807) is 12.1 Å². The van der Waals surface area contributed by atoms with Crippen LogP contribution in [0.15, 0.2) is 24.3 Å². The number of hydrogen-bond acceptors (Lipinski definition) is 3. The molecule has 0 aromatic heterocycles. The average Bonchev–Trinajstić information content (AvgIpc) is 2.28. The number of carbonyl (C=O) groups is 2. The summed E-state index contributed by atoms with van der Waals surface area (Å²) >= 11 is 0. The summed E-state index contributed by atoms with van der Waals surface area (Å²) < 4.78 is 12.6. The maximum atomic E-state index is 12.6. The summed E-state index contributed by atoms with van der Waals surface area (Å²) in [6.07, 6.45) is 0.289. The molecule has 0 spiro atoms. The molecule has 1 atom stereocenters. The van der Waals surface area contributed by atoms with Gasteiger partial charge >= 0.3 is 5.91 Å². The Morgan fingerprint density at radius 2 is 1.94 bits per heavy atom. The van der Waals surface area contributed by atoms with E-state index in [4.69, 9.17) is 5.73 Å². The van der Waals surface area contributed by atoms with Crippen LogP contribution in [0.3, 0.4) is 0 Å². The number of nitrogens with one attached hydrogen (secondary N) is 1. The number of hydrogen-bond donors (Lipinski definition) is 3. The van der Waals surface area contributed by atoms with Crippen LogP contribution in [0.25, 0.3) is 0 Å². The van der Waals surface area contributed by atoms with Gasteiger partial charge in [-0.15, -0.1) is 0 Å². The molecule has 0 radical (unpaired) electrons. The minimum atomic E-state index is -0.764.